The molecule has 0 spiro atoms. The van der Waals surface area contributed by atoms with Crippen LogP contribution in [0, 0.1) is 23.7 Å². The van der Waals surface area contributed by atoms with Gasteiger partial charge >= 0.3 is 0 Å². The minimum absolute atomic E-state index is 0.759. The Balaban J connectivity index is 2.31. The molecule has 0 aromatic carbocycles. The van der Waals surface area contributed by atoms with Crippen molar-refractivity contribution in [2.75, 3.05) is 13.2 Å². The van der Waals surface area contributed by atoms with E-state index in [1.54, 1.807) is 0 Å². The first-order valence-corrected chi connectivity index (χ1v) is 3.99. The largest absolute Gasteiger partial charge is 0.379 e. The molecule has 1 rings (SSSR count). The molecule has 1 aliphatic rings. The first-order valence-electron chi connectivity index (χ1n) is 3.99. The van der Waals surface area contributed by atoms with Gasteiger partial charge in [-0.15, -0.1) is 23.7 Å². The molecule has 0 N–H and O–H groups in total. The molecule has 11 heavy (non-hydrogen) atoms. The summed E-state index contributed by atoms with van der Waals surface area (Å²) in [7, 11) is 0. The predicted octanol–water partition coefficient (Wildman–Crippen LogP) is 1.58. The van der Waals surface area contributed by atoms with Crippen LogP contribution in [0.5, 0.6) is 0 Å². The Hall–Kier alpha value is -0.920. The van der Waals surface area contributed by atoms with E-state index in [0.29, 0.717) is 0 Å². The lowest BCUT2D eigenvalue weighted by Gasteiger charge is -1.95. The van der Waals surface area contributed by atoms with Crippen molar-refractivity contribution in [2.45, 2.75) is 25.7 Å². The number of hydrogen-bond acceptors (Lipinski definition) is 1. The zero-order chi connectivity index (χ0) is 7.78. The summed E-state index contributed by atoms with van der Waals surface area (Å²) in [6.45, 7) is 1.52. The van der Waals surface area contributed by atoms with E-state index in [1.165, 1.54) is 0 Å². The molecule has 0 amide bonds. The molecule has 0 atom stereocenters. The molecule has 0 bridgehead atoms. The number of hydrogen-bond donors (Lipinski definition) is 0. The van der Waals surface area contributed by atoms with Gasteiger partial charge in [0.05, 0.1) is 13.2 Å². The molecule has 1 nitrogen and oxygen atoms in total. The Kier molecular flexibility index (Phi) is 4.34. The standard InChI is InChI=1S/C10H12O/c1-2-4-6-8-10-11-9-7-5-3-1/h1-2,7-10H2. The second kappa shape index (κ2) is 5.83. The van der Waals surface area contributed by atoms with Crippen molar-refractivity contribution in [2.24, 2.45) is 0 Å². The van der Waals surface area contributed by atoms with Gasteiger partial charge in [-0.05, 0) is 0 Å². The third-order valence-electron chi connectivity index (χ3n) is 1.37. The maximum absolute atomic E-state index is 5.26. The third-order valence-corrected chi connectivity index (χ3v) is 1.37. The van der Waals surface area contributed by atoms with Crippen molar-refractivity contribution in [3.05, 3.63) is 0 Å². The van der Waals surface area contributed by atoms with Crippen LogP contribution in [0.15, 0.2) is 0 Å². The Morgan fingerprint density at radius 3 is 1.64 bits per heavy atom. The van der Waals surface area contributed by atoms with Gasteiger partial charge in [-0.2, -0.15) is 0 Å². The summed E-state index contributed by atoms with van der Waals surface area (Å²) in [5, 5.41) is 0. The van der Waals surface area contributed by atoms with E-state index in [4.69, 9.17) is 4.74 Å². The van der Waals surface area contributed by atoms with Gasteiger partial charge in [-0.3, -0.25) is 0 Å². The van der Waals surface area contributed by atoms with E-state index >= 15 is 0 Å². The molecule has 0 fully saturated rings. The Labute approximate surface area is 68.1 Å². The number of ether oxygens (including phenoxy) is 1. The molecule has 0 saturated carbocycles. The topological polar surface area (TPSA) is 9.23 Å². The predicted molar refractivity (Wildman–Crippen MR) is 44.8 cm³/mol. The highest BCUT2D eigenvalue weighted by Gasteiger charge is 1.85. The van der Waals surface area contributed by atoms with Crippen molar-refractivity contribution >= 4 is 0 Å². The van der Waals surface area contributed by atoms with Gasteiger partial charge in [0.2, 0.25) is 0 Å². The van der Waals surface area contributed by atoms with Crippen LogP contribution in [0.3, 0.4) is 0 Å². The zero-order valence-electron chi connectivity index (χ0n) is 6.65. The van der Waals surface area contributed by atoms with Gasteiger partial charge in [0.15, 0.2) is 0 Å². The van der Waals surface area contributed by atoms with E-state index in [2.05, 4.69) is 23.7 Å². The number of rotatable bonds is 0. The van der Waals surface area contributed by atoms with Crippen LogP contribution in [-0.2, 0) is 4.74 Å². The summed E-state index contributed by atoms with van der Waals surface area (Å²) in [5.41, 5.74) is 0. The fraction of sp³-hybridized carbons (Fsp3) is 0.600. The molecule has 1 heterocycles. The summed E-state index contributed by atoms with van der Waals surface area (Å²) in [4.78, 5) is 0. The maximum Gasteiger partial charge on any atom is 0.0576 e. The average molecular weight is 148 g/mol. The van der Waals surface area contributed by atoms with Crippen molar-refractivity contribution < 1.29 is 4.74 Å². The molecule has 0 radical (unpaired) electrons. The van der Waals surface area contributed by atoms with Gasteiger partial charge in [-0.1, -0.05) is 0 Å². The molecule has 0 aromatic rings. The van der Waals surface area contributed by atoms with Crippen LogP contribution in [0.4, 0.5) is 0 Å². The van der Waals surface area contributed by atoms with Crippen LogP contribution in [0.25, 0.3) is 0 Å². The van der Waals surface area contributed by atoms with E-state index in [-0.39, 0.29) is 0 Å². The Morgan fingerprint density at radius 1 is 0.636 bits per heavy atom. The smallest absolute Gasteiger partial charge is 0.0576 e. The summed E-state index contributed by atoms with van der Waals surface area (Å²) in [6, 6.07) is 0. The van der Waals surface area contributed by atoms with Gasteiger partial charge in [0.25, 0.3) is 0 Å². The van der Waals surface area contributed by atoms with Crippen molar-refractivity contribution in [1.29, 1.82) is 0 Å². The second-order valence-electron chi connectivity index (χ2n) is 2.32. The lowest BCUT2D eigenvalue weighted by Crippen LogP contribution is -1.94. The SMILES string of the molecule is C1#CCCOCCC#CCC1. The van der Waals surface area contributed by atoms with E-state index in [1.807, 2.05) is 0 Å². The fourth-order valence-electron chi connectivity index (χ4n) is 0.827. The highest BCUT2D eigenvalue weighted by molar-refractivity contribution is 5.05. The first kappa shape index (κ1) is 8.18. The summed E-state index contributed by atoms with van der Waals surface area (Å²) in [5.74, 6) is 12.2. The quantitative estimate of drug-likeness (QED) is 0.474. The molecular weight excluding hydrogens is 136 g/mol. The van der Waals surface area contributed by atoms with Crippen LogP contribution < -0.4 is 0 Å². The summed E-state index contributed by atoms with van der Waals surface area (Å²) >= 11 is 0. The molecular formula is C10H12O. The normalized spacial score (nSPS) is 18.2. The minimum Gasteiger partial charge on any atom is -0.379 e. The minimum atomic E-state index is 0.759. The Bertz CT molecular complexity index is 184. The van der Waals surface area contributed by atoms with Gasteiger partial charge in [-0.25, -0.2) is 0 Å². The average Bonchev–Trinajstić information content (AvgIpc) is 2.08. The van der Waals surface area contributed by atoms with E-state index in [9.17, 15) is 0 Å². The highest BCUT2D eigenvalue weighted by atomic mass is 16.5. The lowest BCUT2D eigenvalue weighted by molar-refractivity contribution is 0.146. The lowest BCUT2D eigenvalue weighted by atomic mass is 10.3. The fourth-order valence-corrected chi connectivity index (χ4v) is 0.827. The summed E-state index contributed by atoms with van der Waals surface area (Å²) in [6.07, 6.45) is 3.54. The van der Waals surface area contributed by atoms with Crippen LogP contribution in [-0.4, -0.2) is 13.2 Å². The van der Waals surface area contributed by atoms with Gasteiger partial charge in [0, 0.05) is 25.7 Å². The van der Waals surface area contributed by atoms with Crippen LogP contribution >= 0.6 is 0 Å². The highest BCUT2D eigenvalue weighted by Crippen LogP contribution is 1.89. The third kappa shape index (κ3) is 4.48. The second-order valence-corrected chi connectivity index (χ2v) is 2.32. The van der Waals surface area contributed by atoms with Gasteiger partial charge in [0.1, 0.15) is 0 Å². The van der Waals surface area contributed by atoms with Crippen LogP contribution in [0.2, 0.25) is 0 Å². The molecule has 0 aromatic heterocycles. The van der Waals surface area contributed by atoms with Crippen molar-refractivity contribution in [3.63, 3.8) is 0 Å². The van der Waals surface area contributed by atoms with Crippen molar-refractivity contribution in [3.8, 4) is 23.7 Å². The van der Waals surface area contributed by atoms with Crippen molar-refractivity contribution in [1.82, 2.24) is 0 Å². The van der Waals surface area contributed by atoms with E-state index in [0.717, 1.165) is 38.9 Å². The molecule has 1 heteroatoms. The monoisotopic (exact) mass is 148 g/mol. The van der Waals surface area contributed by atoms with Crippen LogP contribution in [0.1, 0.15) is 25.7 Å². The zero-order valence-corrected chi connectivity index (χ0v) is 6.65. The molecule has 0 saturated heterocycles. The first-order chi connectivity index (χ1) is 5.50. The summed E-state index contributed by atoms with van der Waals surface area (Å²) < 4.78 is 5.26. The molecule has 1 aliphatic heterocycles. The molecule has 58 valence electrons. The Morgan fingerprint density at radius 2 is 1.09 bits per heavy atom. The van der Waals surface area contributed by atoms with Gasteiger partial charge < -0.3 is 4.74 Å². The maximum atomic E-state index is 5.26. The molecule has 0 aliphatic carbocycles. The van der Waals surface area contributed by atoms with E-state index < -0.39 is 0 Å². The molecule has 0 unspecified atom stereocenters.